The second-order valence-corrected chi connectivity index (χ2v) is 8.84. The largest absolute Gasteiger partial charge is 0.467 e. The van der Waals surface area contributed by atoms with E-state index in [-0.39, 0.29) is 11.7 Å². The third kappa shape index (κ3) is 5.75. The molecule has 0 saturated heterocycles. The summed E-state index contributed by atoms with van der Waals surface area (Å²) in [5, 5.41) is 7.21. The molecule has 0 atom stereocenters. The van der Waals surface area contributed by atoms with E-state index in [4.69, 9.17) is 14.4 Å². The van der Waals surface area contributed by atoms with Crippen molar-refractivity contribution in [3.05, 3.63) is 113 Å². The Labute approximate surface area is 214 Å². The maximum absolute atomic E-state index is 13.1. The van der Waals surface area contributed by atoms with E-state index in [9.17, 15) is 9.18 Å². The van der Waals surface area contributed by atoms with Crippen molar-refractivity contribution in [3.8, 4) is 0 Å². The maximum Gasteiger partial charge on any atom is 0.255 e. The summed E-state index contributed by atoms with van der Waals surface area (Å²) in [5.74, 6) is 1.49. The van der Waals surface area contributed by atoms with Crippen molar-refractivity contribution >= 4 is 34.3 Å². The van der Waals surface area contributed by atoms with Crippen LogP contribution in [0, 0.1) is 12.7 Å². The number of anilines is 3. The number of nitrogens with one attached hydrogen (secondary N) is 2. The van der Waals surface area contributed by atoms with Gasteiger partial charge >= 0.3 is 0 Å². The molecule has 5 aromatic rings. The highest BCUT2D eigenvalue weighted by atomic mass is 19.1. The highest BCUT2D eigenvalue weighted by Crippen LogP contribution is 2.26. The van der Waals surface area contributed by atoms with Gasteiger partial charge in [-0.15, -0.1) is 0 Å². The van der Waals surface area contributed by atoms with E-state index in [1.807, 2.05) is 73.5 Å². The van der Waals surface area contributed by atoms with Crippen molar-refractivity contribution in [2.75, 3.05) is 22.6 Å². The molecule has 2 aromatic heterocycles. The molecule has 0 aliphatic heterocycles. The molecule has 5 rings (SSSR count). The standard InChI is InChI=1S/C29H26FN5O2/c1-19-5-14-25-26(16-19)33-29(35(2)18-24-4-3-15-37-24)34-27(25)31-17-20-6-12-23(13-7-20)32-28(36)21-8-10-22(30)11-9-21/h3-16H,17-18H2,1-2H3,(H,32,36)(H,31,33,34). The number of carbonyl (C=O) groups is 1. The Morgan fingerprint density at radius 1 is 1.00 bits per heavy atom. The Balaban J connectivity index is 1.30. The normalized spacial score (nSPS) is 10.9. The number of hydrogen-bond acceptors (Lipinski definition) is 6. The number of aromatic nitrogens is 2. The van der Waals surface area contributed by atoms with Crippen LogP contribution < -0.4 is 15.5 Å². The first-order valence-corrected chi connectivity index (χ1v) is 11.9. The fourth-order valence-electron chi connectivity index (χ4n) is 3.94. The van der Waals surface area contributed by atoms with Gasteiger partial charge in [-0.1, -0.05) is 18.2 Å². The lowest BCUT2D eigenvalue weighted by atomic mass is 10.1. The van der Waals surface area contributed by atoms with Gasteiger partial charge in [0, 0.05) is 30.2 Å². The van der Waals surface area contributed by atoms with Crippen LogP contribution in [0.5, 0.6) is 0 Å². The second kappa shape index (κ2) is 10.5. The Kier molecular flexibility index (Phi) is 6.81. The van der Waals surface area contributed by atoms with Crippen LogP contribution in [0.2, 0.25) is 0 Å². The van der Waals surface area contributed by atoms with Crippen molar-refractivity contribution in [2.24, 2.45) is 0 Å². The summed E-state index contributed by atoms with van der Waals surface area (Å²) < 4.78 is 18.6. The van der Waals surface area contributed by atoms with Crippen molar-refractivity contribution < 1.29 is 13.6 Å². The minimum absolute atomic E-state index is 0.292. The molecule has 0 aliphatic carbocycles. The summed E-state index contributed by atoms with van der Waals surface area (Å²) in [6.45, 7) is 3.12. The molecule has 1 amide bonds. The number of furan rings is 1. The zero-order valence-corrected chi connectivity index (χ0v) is 20.5. The fraction of sp³-hybridized carbons (Fsp3) is 0.138. The van der Waals surface area contributed by atoms with Gasteiger partial charge in [0.15, 0.2) is 0 Å². The van der Waals surface area contributed by atoms with E-state index in [1.54, 1.807) is 6.26 Å². The third-order valence-electron chi connectivity index (χ3n) is 5.93. The molecule has 0 spiro atoms. The number of benzene rings is 3. The minimum Gasteiger partial charge on any atom is -0.467 e. The number of aryl methyl sites for hydroxylation is 1. The van der Waals surface area contributed by atoms with Gasteiger partial charge in [0.05, 0.1) is 18.3 Å². The van der Waals surface area contributed by atoms with Crippen LogP contribution in [0.15, 0.2) is 89.5 Å². The lowest BCUT2D eigenvalue weighted by Crippen LogP contribution is -2.19. The van der Waals surface area contributed by atoms with E-state index < -0.39 is 0 Å². The van der Waals surface area contributed by atoms with Gasteiger partial charge in [-0.25, -0.2) is 9.37 Å². The number of rotatable bonds is 8. The number of hydrogen-bond donors (Lipinski definition) is 2. The quantitative estimate of drug-likeness (QED) is 0.268. The molecule has 2 N–H and O–H groups in total. The predicted molar refractivity (Wildman–Crippen MR) is 143 cm³/mol. The van der Waals surface area contributed by atoms with Crippen molar-refractivity contribution in [3.63, 3.8) is 0 Å². The SMILES string of the molecule is Cc1ccc2c(NCc3ccc(NC(=O)c4ccc(F)cc4)cc3)nc(N(C)Cc3ccco3)nc2c1. The maximum atomic E-state index is 13.1. The first-order valence-electron chi connectivity index (χ1n) is 11.9. The van der Waals surface area contributed by atoms with Crippen molar-refractivity contribution in [2.45, 2.75) is 20.0 Å². The Morgan fingerprint density at radius 3 is 2.51 bits per heavy atom. The highest BCUT2D eigenvalue weighted by Gasteiger charge is 2.13. The van der Waals surface area contributed by atoms with Gasteiger partial charge in [-0.05, 0) is 78.7 Å². The zero-order chi connectivity index (χ0) is 25.8. The number of halogens is 1. The van der Waals surface area contributed by atoms with Gasteiger partial charge in [-0.2, -0.15) is 4.98 Å². The van der Waals surface area contributed by atoms with Crippen LogP contribution in [0.4, 0.5) is 21.8 Å². The van der Waals surface area contributed by atoms with Crippen LogP contribution >= 0.6 is 0 Å². The number of fused-ring (bicyclic) bond motifs is 1. The average molecular weight is 496 g/mol. The molecule has 3 aromatic carbocycles. The Morgan fingerprint density at radius 2 is 1.78 bits per heavy atom. The van der Waals surface area contributed by atoms with Gasteiger partial charge in [-0.3, -0.25) is 4.79 Å². The van der Waals surface area contributed by atoms with Crippen LogP contribution in [0.1, 0.15) is 27.2 Å². The smallest absolute Gasteiger partial charge is 0.255 e. The first kappa shape index (κ1) is 24.0. The van der Waals surface area contributed by atoms with E-state index in [0.717, 1.165) is 33.6 Å². The Bertz CT molecular complexity index is 1520. The van der Waals surface area contributed by atoms with E-state index in [2.05, 4.69) is 10.6 Å². The predicted octanol–water partition coefficient (Wildman–Crippen LogP) is 6.17. The van der Waals surface area contributed by atoms with Gasteiger partial charge in [0.25, 0.3) is 5.91 Å². The molecular formula is C29H26FN5O2. The number of carbonyl (C=O) groups excluding carboxylic acids is 1. The topological polar surface area (TPSA) is 83.3 Å². The van der Waals surface area contributed by atoms with E-state index in [1.165, 1.54) is 24.3 Å². The summed E-state index contributed by atoms with van der Waals surface area (Å²) >= 11 is 0. The van der Waals surface area contributed by atoms with Crippen LogP contribution in [0.3, 0.4) is 0 Å². The molecule has 0 aliphatic rings. The van der Waals surface area contributed by atoms with Gasteiger partial charge in [0.1, 0.15) is 17.4 Å². The molecule has 0 bridgehead atoms. The van der Waals surface area contributed by atoms with E-state index >= 15 is 0 Å². The van der Waals surface area contributed by atoms with Crippen LogP contribution in [0.25, 0.3) is 10.9 Å². The summed E-state index contributed by atoms with van der Waals surface area (Å²) in [4.78, 5) is 23.9. The Hall–Kier alpha value is -4.72. The zero-order valence-electron chi connectivity index (χ0n) is 20.5. The molecule has 0 unspecified atom stereocenters. The first-order chi connectivity index (χ1) is 17.9. The molecule has 186 valence electrons. The average Bonchev–Trinajstić information content (AvgIpc) is 3.41. The second-order valence-electron chi connectivity index (χ2n) is 8.84. The highest BCUT2D eigenvalue weighted by molar-refractivity contribution is 6.04. The van der Waals surface area contributed by atoms with Gasteiger partial charge in [0.2, 0.25) is 5.95 Å². The lowest BCUT2D eigenvalue weighted by molar-refractivity contribution is 0.102. The molecule has 37 heavy (non-hydrogen) atoms. The molecule has 0 saturated carbocycles. The van der Waals surface area contributed by atoms with Crippen molar-refractivity contribution in [1.29, 1.82) is 0 Å². The molecule has 7 nitrogen and oxygen atoms in total. The van der Waals surface area contributed by atoms with Crippen LogP contribution in [-0.2, 0) is 13.1 Å². The summed E-state index contributed by atoms with van der Waals surface area (Å²) in [7, 11) is 1.93. The number of nitrogens with zero attached hydrogens (tertiary/aromatic N) is 3. The van der Waals surface area contributed by atoms with Gasteiger partial charge < -0.3 is 20.0 Å². The number of amides is 1. The molecule has 8 heteroatoms. The van der Waals surface area contributed by atoms with Crippen LogP contribution in [-0.4, -0.2) is 22.9 Å². The summed E-state index contributed by atoms with van der Waals surface area (Å²) in [5.41, 5.74) is 4.05. The van der Waals surface area contributed by atoms with Crippen molar-refractivity contribution in [1.82, 2.24) is 9.97 Å². The third-order valence-corrected chi connectivity index (χ3v) is 5.93. The monoisotopic (exact) mass is 495 g/mol. The lowest BCUT2D eigenvalue weighted by Gasteiger charge is -2.18. The molecule has 2 heterocycles. The summed E-state index contributed by atoms with van der Waals surface area (Å²) in [6, 6.07) is 22.9. The van der Waals surface area contributed by atoms with E-state index in [0.29, 0.717) is 30.3 Å². The fourth-order valence-corrected chi connectivity index (χ4v) is 3.94. The molecule has 0 fully saturated rings. The molecule has 0 radical (unpaired) electrons. The minimum atomic E-state index is -0.378. The summed E-state index contributed by atoms with van der Waals surface area (Å²) in [6.07, 6.45) is 1.65. The molecular weight excluding hydrogens is 469 g/mol.